The van der Waals surface area contributed by atoms with Crippen molar-refractivity contribution in [2.75, 3.05) is 0 Å². The zero-order valence-corrected chi connectivity index (χ0v) is 13.9. The van der Waals surface area contributed by atoms with Gasteiger partial charge in [0.05, 0.1) is 11.8 Å². The predicted molar refractivity (Wildman–Crippen MR) is 90.1 cm³/mol. The van der Waals surface area contributed by atoms with E-state index in [9.17, 15) is 13.2 Å². The number of rotatable bonds is 3. The van der Waals surface area contributed by atoms with Crippen LogP contribution >= 0.6 is 11.6 Å². The molecule has 0 amide bonds. The summed E-state index contributed by atoms with van der Waals surface area (Å²) in [6.45, 7) is 0. The fourth-order valence-corrected chi connectivity index (χ4v) is 2.10. The highest BCUT2D eigenvalue weighted by Gasteiger charge is 2.29. The zero-order valence-electron chi connectivity index (χ0n) is 13.1. The maximum absolute atomic E-state index is 12.0. The van der Waals surface area contributed by atoms with Gasteiger partial charge in [0, 0.05) is 18.5 Å². The van der Waals surface area contributed by atoms with E-state index in [-0.39, 0.29) is 5.88 Å². The van der Waals surface area contributed by atoms with Crippen LogP contribution in [0.3, 0.4) is 0 Å². The Morgan fingerprint density at radius 3 is 2.04 bits per heavy atom. The Labute approximate surface area is 148 Å². The Hall–Kier alpha value is -2.47. The number of halogens is 4. The normalized spacial score (nSPS) is 10.7. The second kappa shape index (κ2) is 9.13. The molecule has 130 valence electrons. The van der Waals surface area contributed by atoms with E-state index in [2.05, 4.69) is 27.3 Å². The highest BCUT2D eigenvalue weighted by Crippen LogP contribution is 2.29. The van der Waals surface area contributed by atoms with Crippen LogP contribution in [0.2, 0.25) is 0 Å². The first-order valence-corrected chi connectivity index (χ1v) is 7.91. The lowest BCUT2D eigenvalue weighted by atomic mass is 10.1. The first-order chi connectivity index (χ1) is 12.0. The SMILES string of the molecule is FC(F)(F)c1ccc(CCl)cc1.c1ccc(Cc2nccnn2)cc1. The lowest BCUT2D eigenvalue weighted by molar-refractivity contribution is -0.137. The lowest BCUT2D eigenvalue weighted by Crippen LogP contribution is -2.04. The van der Waals surface area contributed by atoms with Crippen molar-refractivity contribution in [2.45, 2.75) is 18.5 Å². The van der Waals surface area contributed by atoms with E-state index >= 15 is 0 Å². The third kappa shape index (κ3) is 6.51. The maximum Gasteiger partial charge on any atom is 0.416 e. The van der Waals surface area contributed by atoms with Gasteiger partial charge in [-0.3, -0.25) is 0 Å². The van der Waals surface area contributed by atoms with Crippen LogP contribution in [0.25, 0.3) is 0 Å². The molecule has 0 aliphatic carbocycles. The third-order valence-electron chi connectivity index (χ3n) is 3.17. The summed E-state index contributed by atoms with van der Waals surface area (Å²) in [5, 5.41) is 7.68. The number of hydrogen-bond acceptors (Lipinski definition) is 3. The monoisotopic (exact) mass is 365 g/mol. The van der Waals surface area contributed by atoms with Gasteiger partial charge in [-0.2, -0.15) is 18.3 Å². The van der Waals surface area contributed by atoms with Gasteiger partial charge in [-0.05, 0) is 23.3 Å². The molecule has 0 unspecified atom stereocenters. The van der Waals surface area contributed by atoms with E-state index in [1.807, 2.05) is 18.2 Å². The molecule has 0 atom stereocenters. The van der Waals surface area contributed by atoms with Crippen molar-refractivity contribution in [3.8, 4) is 0 Å². The summed E-state index contributed by atoms with van der Waals surface area (Å²) >= 11 is 5.41. The largest absolute Gasteiger partial charge is 0.416 e. The second-order valence-corrected chi connectivity index (χ2v) is 5.32. The summed E-state index contributed by atoms with van der Waals surface area (Å²) in [5.41, 5.74) is 1.25. The Morgan fingerprint density at radius 2 is 1.52 bits per heavy atom. The van der Waals surface area contributed by atoms with Gasteiger partial charge in [-0.15, -0.1) is 16.7 Å². The molecule has 1 heterocycles. The van der Waals surface area contributed by atoms with Gasteiger partial charge in [0.25, 0.3) is 0 Å². The number of aromatic nitrogens is 3. The molecule has 1 aromatic heterocycles. The zero-order chi connectivity index (χ0) is 18.1. The summed E-state index contributed by atoms with van der Waals surface area (Å²) in [6, 6.07) is 14.9. The van der Waals surface area contributed by atoms with Crippen LogP contribution in [-0.4, -0.2) is 15.2 Å². The molecule has 0 aliphatic heterocycles. The van der Waals surface area contributed by atoms with Crippen LogP contribution in [0.4, 0.5) is 13.2 Å². The van der Waals surface area contributed by atoms with Crippen molar-refractivity contribution in [2.24, 2.45) is 0 Å². The molecular weight excluding hydrogens is 351 g/mol. The van der Waals surface area contributed by atoms with Crippen LogP contribution in [0.1, 0.15) is 22.5 Å². The molecule has 7 heteroatoms. The number of benzene rings is 2. The Kier molecular flexibility index (Phi) is 6.89. The minimum Gasteiger partial charge on any atom is -0.237 e. The molecule has 0 spiro atoms. The van der Waals surface area contributed by atoms with E-state index in [0.717, 1.165) is 24.4 Å². The van der Waals surface area contributed by atoms with Gasteiger partial charge in [0.1, 0.15) is 0 Å². The molecule has 0 N–H and O–H groups in total. The molecular formula is C18H15ClF3N3. The van der Waals surface area contributed by atoms with E-state index < -0.39 is 11.7 Å². The molecule has 0 saturated carbocycles. The van der Waals surface area contributed by atoms with Gasteiger partial charge >= 0.3 is 6.18 Å². The van der Waals surface area contributed by atoms with E-state index in [0.29, 0.717) is 5.56 Å². The van der Waals surface area contributed by atoms with Crippen molar-refractivity contribution < 1.29 is 13.2 Å². The molecule has 0 radical (unpaired) electrons. The van der Waals surface area contributed by atoms with Crippen molar-refractivity contribution in [3.05, 3.63) is 89.5 Å². The highest BCUT2D eigenvalue weighted by atomic mass is 35.5. The minimum atomic E-state index is -4.26. The Balaban J connectivity index is 0.000000181. The molecule has 3 rings (SSSR count). The topological polar surface area (TPSA) is 38.7 Å². The first-order valence-electron chi connectivity index (χ1n) is 7.37. The molecule has 0 fully saturated rings. The van der Waals surface area contributed by atoms with Crippen molar-refractivity contribution in [3.63, 3.8) is 0 Å². The number of hydrogen-bond donors (Lipinski definition) is 0. The van der Waals surface area contributed by atoms with Crippen LogP contribution in [-0.2, 0) is 18.5 Å². The molecule has 0 saturated heterocycles. The summed E-state index contributed by atoms with van der Waals surface area (Å²) in [4.78, 5) is 4.10. The fourth-order valence-electron chi connectivity index (χ4n) is 1.92. The Bertz CT molecular complexity index is 711. The van der Waals surface area contributed by atoms with Gasteiger partial charge in [0.2, 0.25) is 0 Å². The smallest absolute Gasteiger partial charge is 0.237 e. The maximum atomic E-state index is 12.0. The average Bonchev–Trinajstić information content (AvgIpc) is 2.63. The molecule has 0 bridgehead atoms. The summed E-state index contributed by atoms with van der Waals surface area (Å²) < 4.78 is 36.0. The summed E-state index contributed by atoms with van der Waals surface area (Å²) in [7, 11) is 0. The van der Waals surface area contributed by atoms with Gasteiger partial charge in [0.15, 0.2) is 5.82 Å². The molecule has 3 aromatic rings. The second-order valence-electron chi connectivity index (χ2n) is 5.05. The van der Waals surface area contributed by atoms with Crippen LogP contribution in [0, 0.1) is 0 Å². The standard InChI is InChI=1S/C10H9N3.C8H6ClF3/c1-2-4-9(5-3-1)8-10-11-6-7-12-13-10;9-5-6-1-3-7(4-2-6)8(10,11)12/h1-7H,8H2;1-4H,5H2. The highest BCUT2D eigenvalue weighted by molar-refractivity contribution is 6.17. The molecule has 25 heavy (non-hydrogen) atoms. The first kappa shape index (κ1) is 18.9. The molecule has 3 nitrogen and oxygen atoms in total. The number of nitrogens with zero attached hydrogens (tertiary/aromatic N) is 3. The van der Waals surface area contributed by atoms with E-state index in [1.54, 1.807) is 12.4 Å². The number of alkyl halides is 4. The molecule has 2 aromatic carbocycles. The van der Waals surface area contributed by atoms with Gasteiger partial charge in [-0.25, -0.2) is 4.98 Å². The minimum absolute atomic E-state index is 0.234. The quantitative estimate of drug-likeness (QED) is 0.619. The van der Waals surface area contributed by atoms with Crippen molar-refractivity contribution in [1.82, 2.24) is 15.2 Å². The Morgan fingerprint density at radius 1 is 0.840 bits per heavy atom. The average molecular weight is 366 g/mol. The van der Waals surface area contributed by atoms with Crippen molar-refractivity contribution >= 4 is 11.6 Å². The van der Waals surface area contributed by atoms with Crippen molar-refractivity contribution in [1.29, 1.82) is 0 Å². The summed E-state index contributed by atoms with van der Waals surface area (Å²) in [6.07, 6.45) is -0.278. The summed E-state index contributed by atoms with van der Waals surface area (Å²) in [5.74, 6) is 0.992. The van der Waals surface area contributed by atoms with Crippen LogP contribution in [0.5, 0.6) is 0 Å². The van der Waals surface area contributed by atoms with Gasteiger partial charge < -0.3 is 0 Å². The lowest BCUT2D eigenvalue weighted by Gasteiger charge is -2.05. The molecule has 0 aliphatic rings. The van der Waals surface area contributed by atoms with Gasteiger partial charge in [-0.1, -0.05) is 42.5 Å². The predicted octanol–water partition coefficient (Wildman–Crippen LogP) is 4.91. The fraction of sp³-hybridized carbons (Fsp3) is 0.167. The van der Waals surface area contributed by atoms with Crippen LogP contribution < -0.4 is 0 Å². The third-order valence-corrected chi connectivity index (χ3v) is 3.48. The van der Waals surface area contributed by atoms with E-state index in [1.165, 1.54) is 17.7 Å². The van der Waals surface area contributed by atoms with Crippen LogP contribution in [0.15, 0.2) is 67.0 Å². The van der Waals surface area contributed by atoms with E-state index in [4.69, 9.17) is 11.6 Å².